The maximum absolute atomic E-state index is 13.4. The molecule has 1 saturated heterocycles. The summed E-state index contributed by atoms with van der Waals surface area (Å²) in [6.07, 6.45) is -0.753. The van der Waals surface area contributed by atoms with Crippen molar-refractivity contribution in [2.24, 2.45) is 13.0 Å². The number of aryl methyl sites for hydroxylation is 1. The lowest BCUT2D eigenvalue weighted by Crippen LogP contribution is -2.40. The van der Waals surface area contributed by atoms with Crippen LogP contribution in [0.15, 0.2) is 17.0 Å². The predicted molar refractivity (Wildman–Crippen MR) is 137 cm³/mol. The number of anilines is 1. The monoisotopic (exact) mass is 564 g/mol. The van der Waals surface area contributed by atoms with E-state index in [9.17, 15) is 22.0 Å². The van der Waals surface area contributed by atoms with Crippen LogP contribution in [0, 0.1) is 12.5 Å². The summed E-state index contributed by atoms with van der Waals surface area (Å²) in [6.45, 7) is 8.41. The molecule has 3 heterocycles. The second-order valence-corrected chi connectivity index (χ2v) is 12.5. The molecule has 1 N–H and O–H groups in total. The van der Waals surface area contributed by atoms with Crippen molar-refractivity contribution in [2.75, 3.05) is 32.1 Å². The van der Waals surface area contributed by atoms with Gasteiger partial charge in [-0.25, -0.2) is 23.8 Å². The van der Waals surface area contributed by atoms with E-state index in [4.69, 9.17) is 6.57 Å². The Morgan fingerprint density at radius 3 is 2.50 bits per heavy atom. The number of nitrogens with zero attached hydrogens (tertiary/aromatic N) is 7. The minimum atomic E-state index is -4.09. The summed E-state index contributed by atoms with van der Waals surface area (Å²) in [6, 6.07) is 2.99. The quantitative estimate of drug-likeness (QED) is 0.439. The second kappa shape index (κ2) is 9.51. The molecule has 2 aromatic heterocycles. The van der Waals surface area contributed by atoms with E-state index in [2.05, 4.69) is 24.9 Å². The Hall–Kier alpha value is -3.22. The van der Waals surface area contributed by atoms with Crippen LogP contribution in [0.5, 0.6) is 0 Å². The second-order valence-electron chi connectivity index (χ2n) is 9.80. The van der Waals surface area contributed by atoms with E-state index in [-0.39, 0.29) is 27.4 Å². The summed E-state index contributed by atoms with van der Waals surface area (Å²) in [5.41, 5.74) is 0.305. The van der Waals surface area contributed by atoms with Gasteiger partial charge in [0, 0.05) is 45.5 Å². The van der Waals surface area contributed by atoms with Crippen LogP contribution in [0.2, 0.25) is 0 Å². The highest BCUT2D eigenvalue weighted by molar-refractivity contribution is 7.89. The largest absolute Gasteiger partial charge is 0.370 e. The van der Waals surface area contributed by atoms with E-state index in [0.29, 0.717) is 66.7 Å². The SMILES string of the molecule is [C-]#[N+]C1(NS(=O)(=O)c2cc(N3CCC(C(=O)N(C)C)CC3)c3c(c2)c(-c2nnc(C(F)F)s2)nn3C)CC1. The van der Waals surface area contributed by atoms with Gasteiger partial charge in [0.2, 0.25) is 15.9 Å². The van der Waals surface area contributed by atoms with E-state index in [1.165, 1.54) is 6.07 Å². The molecule has 1 aliphatic carbocycles. The third-order valence-electron chi connectivity index (χ3n) is 6.92. The smallest absolute Gasteiger partial charge is 0.299 e. The van der Waals surface area contributed by atoms with E-state index in [0.717, 1.165) is 0 Å². The van der Waals surface area contributed by atoms with Gasteiger partial charge in [-0.3, -0.25) is 14.3 Å². The first kappa shape index (κ1) is 26.4. The highest BCUT2D eigenvalue weighted by Gasteiger charge is 2.54. The van der Waals surface area contributed by atoms with Crippen LogP contribution in [0.4, 0.5) is 14.5 Å². The maximum atomic E-state index is 13.4. The lowest BCUT2D eigenvalue weighted by atomic mass is 9.95. The molecule has 3 aromatic rings. The molecule has 2 fully saturated rings. The van der Waals surface area contributed by atoms with Crippen LogP contribution >= 0.6 is 11.3 Å². The van der Waals surface area contributed by atoms with Gasteiger partial charge in [-0.15, -0.1) is 14.9 Å². The molecular weight excluding hydrogens is 538 g/mol. The standard InChI is InChI=1S/C23H26F2N8O3S2/c1-26-23(7-8-23)30-38(35,36)14-11-15-17(20-27-28-21(37-20)19(24)25)29-32(4)18(15)16(12-14)33-9-5-13(6-10-33)22(34)31(2)3/h11-13,19,30H,5-10H2,2-4H3. The van der Waals surface area contributed by atoms with Crippen molar-refractivity contribution in [2.45, 2.75) is 42.7 Å². The Kier molecular flexibility index (Phi) is 6.60. The number of fused-ring (bicyclic) bond motifs is 1. The van der Waals surface area contributed by atoms with Gasteiger partial charge in [-0.1, -0.05) is 11.3 Å². The van der Waals surface area contributed by atoms with Gasteiger partial charge in [0.05, 0.1) is 28.9 Å². The van der Waals surface area contributed by atoms with E-state index >= 15 is 0 Å². The van der Waals surface area contributed by atoms with E-state index in [1.54, 1.807) is 36.8 Å². The third kappa shape index (κ3) is 4.72. The van der Waals surface area contributed by atoms with Crippen molar-refractivity contribution in [1.29, 1.82) is 0 Å². The van der Waals surface area contributed by atoms with Crippen molar-refractivity contribution in [3.63, 3.8) is 0 Å². The number of sulfonamides is 1. The molecule has 1 saturated carbocycles. The molecule has 15 heteroatoms. The topological polar surface area (TPSA) is 118 Å². The summed E-state index contributed by atoms with van der Waals surface area (Å²) in [4.78, 5) is 19.5. The Balaban J connectivity index is 1.62. The van der Waals surface area contributed by atoms with Crippen molar-refractivity contribution in [1.82, 2.24) is 29.6 Å². The number of nitrogens with one attached hydrogen (secondary N) is 1. The molecule has 0 spiro atoms. The minimum absolute atomic E-state index is 0.0538. The number of aromatic nitrogens is 4. The average molecular weight is 565 g/mol. The molecule has 5 rings (SSSR count). The van der Waals surface area contributed by atoms with Gasteiger partial charge in [-0.05, 0) is 25.0 Å². The summed E-state index contributed by atoms with van der Waals surface area (Å²) in [5, 5.41) is 12.1. The molecule has 1 aliphatic heterocycles. The van der Waals surface area contributed by atoms with Crippen molar-refractivity contribution >= 4 is 43.9 Å². The lowest BCUT2D eigenvalue weighted by molar-refractivity contribution is -0.133. The fourth-order valence-electron chi connectivity index (χ4n) is 4.74. The molecule has 11 nitrogen and oxygen atoms in total. The molecule has 1 amide bonds. The molecule has 0 radical (unpaired) electrons. The fraction of sp³-hybridized carbons (Fsp3) is 0.522. The zero-order valence-corrected chi connectivity index (χ0v) is 22.6. The van der Waals surface area contributed by atoms with Crippen LogP contribution in [0.25, 0.3) is 26.4 Å². The number of piperidine rings is 1. The van der Waals surface area contributed by atoms with Crippen molar-refractivity contribution in [3.05, 3.63) is 28.6 Å². The van der Waals surface area contributed by atoms with Crippen molar-refractivity contribution in [3.8, 4) is 10.7 Å². The Morgan fingerprint density at radius 2 is 1.95 bits per heavy atom. The van der Waals surface area contributed by atoms with Crippen molar-refractivity contribution < 1.29 is 22.0 Å². The lowest BCUT2D eigenvalue weighted by Gasteiger charge is -2.34. The number of halogens is 2. The summed E-state index contributed by atoms with van der Waals surface area (Å²) in [5.74, 6) is -0.0758. The number of amides is 1. The van der Waals surface area contributed by atoms with E-state index in [1.807, 2.05) is 4.90 Å². The number of carbonyl (C=O) groups excluding carboxylic acids is 1. The summed E-state index contributed by atoms with van der Waals surface area (Å²) in [7, 11) is 1.04. The maximum Gasteiger partial charge on any atom is 0.299 e. The molecule has 2 aliphatic rings. The Morgan fingerprint density at radius 1 is 1.26 bits per heavy atom. The zero-order chi connectivity index (χ0) is 27.4. The van der Waals surface area contributed by atoms with Gasteiger partial charge < -0.3 is 9.80 Å². The molecular formula is C23H26F2N8O3S2. The molecule has 1 aromatic carbocycles. The third-order valence-corrected chi connectivity index (χ3v) is 9.36. The van der Waals surface area contributed by atoms with Gasteiger partial charge in [-0.2, -0.15) is 5.10 Å². The van der Waals surface area contributed by atoms with Gasteiger partial charge in [0.1, 0.15) is 5.69 Å². The first-order valence-corrected chi connectivity index (χ1v) is 14.3. The summed E-state index contributed by atoms with van der Waals surface area (Å²) >= 11 is 0.698. The number of benzene rings is 1. The van der Waals surface area contributed by atoms with Crippen LogP contribution in [0.1, 0.15) is 37.1 Å². The molecule has 0 bridgehead atoms. The molecule has 0 unspecified atom stereocenters. The van der Waals surface area contributed by atoms with Gasteiger partial charge >= 0.3 is 0 Å². The number of alkyl halides is 2. The summed E-state index contributed by atoms with van der Waals surface area (Å²) < 4.78 is 57.4. The average Bonchev–Trinajstić information content (AvgIpc) is 3.31. The number of hydrogen-bond acceptors (Lipinski definition) is 8. The number of rotatable bonds is 7. The Labute approximate surface area is 222 Å². The van der Waals surface area contributed by atoms with Crippen LogP contribution < -0.4 is 9.62 Å². The molecule has 0 atom stereocenters. The Bertz CT molecular complexity index is 1550. The highest BCUT2D eigenvalue weighted by atomic mass is 32.2. The fourth-order valence-corrected chi connectivity index (χ4v) is 6.84. The normalized spacial score (nSPS) is 17.7. The highest BCUT2D eigenvalue weighted by Crippen LogP contribution is 2.41. The van der Waals surface area contributed by atoms with Gasteiger partial charge in [0.25, 0.3) is 12.1 Å². The number of hydrogen-bond donors (Lipinski definition) is 1. The predicted octanol–water partition coefficient (Wildman–Crippen LogP) is 3.02. The minimum Gasteiger partial charge on any atom is -0.370 e. The van der Waals surface area contributed by atoms with E-state index < -0.39 is 27.1 Å². The first-order chi connectivity index (χ1) is 17.9. The molecule has 38 heavy (non-hydrogen) atoms. The van der Waals surface area contributed by atoms with Gasteiger partial charge in [0.15, 0.2) is 10.0 Å². The van der Waals surface area contributed by atoms with Crippen LogP contribution in [-0.4, -0.2) is 72.1 Å². The zero-order valence-electron chi connectivity index (χ0n) is 21.0. The number of carbonyl (C=O) groups is 1. The first-order valence-electron chi connectivity index (χ1n) is 12.0. The van der Waals surface area contributed by atoms with Crippen LogP contribution in [-0.2, 0) is 21.9 Å². The van der Waals surface area contributed by atoms with Crippen LogP contribution in [0.3, 0.4) is 0 Å². The molecule has 202 valence electrons.